The summed E-state index contributed by atoms with van der Waals surface area (Å²) >= 11 is 0. The summed E-state index contributed by atoms with van der Waals surface area (Å²) in [6.07, 6.45) is 0. The summed E-state index contributed by atoms with van der Waals surface area (Å²) in [5.41, 5.74) is 11.1. The standard InChI is InChI=1S/C37H21NO2/c1-3-11-26-23(10-1)35-29(37(26)27-12-4-7-15-32(27)40-33-16-8-5-13-28(33)37)18-17-22-24-19-25-21-9-2-6-14-31(21)39-34(25)20-30(24)38-36(22)35/h1-20,38H. The number of furan rings is 1. The van der Waals surface area contributed by atoms with Crippen LogP contribution in [0.2, 0.25) is 0 Å². The van der Waals surface area contributed by atoms with E-state index in [4.69, 9.17) is 9.15 Å². The number of aromatic nitrogens is 1. The number of para-hydroxylation sites is 3. The van der Waals surface area contributed by atoms with Gasteiger partial charge in [-0.1, -0.05) is 91.0 Å². The van der Waals surface area contributed by atoms with E-state index in [0.717, 1.165) is 44.5 Å². The van der Waals surface area contributed by atoms with Crippen molar-refractivity contribution in [3.05, 3.63) is 144 Å². The minimum Gasteiger partial charge on any atom is -0.457 e. The smallest absolute Gasteiger partial charge is 0.137 e. The quantitative estimate of drug-likeness (QED) is 0.220. The van der Waals surface area contributed by atoms with Gasteiger partial charge in [0.15, 0.2) is 0 Å². The number of hydrogen-bond donors (Lipinski definition) is 1. The largest absolute Gasteiger partial charge is 0.457 e. The van der Waals surface area contributed by atoms with Crippen molar-refractivity contribution < 1.29 is 9.15 Å². The van der Waals surface area contributed by atoms with Gasteiger partial charge in [-0.05, 0) is 41.0 Å². The lowest BCUT2D eigenvalue weighted by Crippen LogP contribution is -2.32. The molecule has 40 heavy (non-hydrogen) atoms. The van der Waals surface area contributed by atoms with E-state index < -0.39 is 5.41 Å². The van der Waals surface area contributed by atoms with Gasteiger partial charge >= 0.3 is 0 Å². The summed E-state index contributed by atoms with van der Waals surface area (Å²) in [6.45, 7) is 0. The SMILES string of the molecule is c1ccc2c(c1)Oc1ccccc1C21c2ccccc2-c2c1ccc1c2[nH]c2cc3oc4ccccc4c3cc21. The first kappa shape index (κ1) is 20.7. The van der Waals surface area contributed by atoms with Crippen LogP contribution in [-0.4, -0.2) is 4.98 Å². The fourth-order valence-electron chi connectivity index (χ4n) is 7.53. The minimum atomic E-state index is -0.466. The molecule has 1 aliphatic heterocycles. The Bertz CT molecular complexity index is 2320. The number of aromatic amines is 1. The Labute approximate surface area is 229 Å². The molecule has 2 aromatic heterocycles. The van der Waals surface area contributed by atoms with Crippen LogP contribution >= 0.6 is 0 Å². The van der Waals surface area contributed by atoms with Crippen LogP contribution in [0.25, 0.3) is 54.9 Å². The van der Waals surface area contributed by atoms with Crippen LogP contribution in [0.15, 0.2) is 126 Å². The number of benzene rings is 6. The van der Waals surface area contributed by atoms with Gasteiger partial charge in [0.05, 0.1) is 16.4 Å². The van der Waals surface area contributed by atoms with E-state index in [1.807, 2.05) is 12.1 Å². The van der Waals surface area contributed by atoms with Gasteiger partial charge in [0.1, 0.15) is 22.7 Å². The minimum absolute atomic E-state index is 0.466. The lowest BCUT2D eigenvalue weighted by molar-refractivity contribution is 0.436. The van der Waals surface area contributed by atoms with Gasteiger partial charge in [-0.3, -0.25) is 0 Å². The number of rotatable bonds is 0. The van der Waals surface area contributed by atoms with E-state index in [2.05, 4.69) is 114 Å². The van der Waals surface area contributed by atoms with Crippen molar-refractivity contribution in [3.63, 3.8) is 0 Å². The first-order valence-electron chi connectivity index (χ1n) is 13.7. The predicted molar refractivity (Wildman–Crippen MR) is 160 cm³/mol. The van der Waals surface area contributed by atoms with Crippen molar-refractivity contribution in [1.82, 2.24) is 4.98 Å². The molecule has 2 aliphatic rings. The Morgan fingerprint density at radius 1 is 0.500 bits per heavy atom. The first-order valence-corrected chi connectivity index (χ1v) is 13.7. The Morgan fingerprint density at radius 3 is 2.02 bits per heavy atom. The van der Waals surface area contributed by atoms with Crippen molar-refractivity contribution in [1.29, 1.82) is 0 Å². The Kier molecular flexibility index (Phi) is 3.62. The van der Waals surface area contributed by atoms with Crippen molar-refractivity contribution in [2.45, 2.75) is 5.41 Å². The molecule has 0 amide bonds. The monoisotopic (exact) mass is 511 g/mol. The first-order chi connectivity index (χ1) is 19.8. The summed E-state index contributed by atoms with van der Waals surface area (Å²) in [5, 5.41) is 4.73. The molecule has 0 fully saturated rings. The highest BCUT2D eigenvalue weighted by molar-refractivity contribution is 6.19. The molecule has 0 saturated carbocycles. The van der Waals surface area contributed by atoms with Crippen molar-refractivity contribution >= 4 is 43.7 Å². The lowest BCUT2D eigenvalue weighted by Gasteiger charge is -2.39. The average Bonchev–Trinajstić information content (AvgIpc) is 3.64. The predicted octanol–water partition coefficient (Wildman–Crippen LogP) is 9.69. The molecule has 1 aliphatic carbocycles. The van der Waals surface area contributed by atoms with E-state index in [1.54, 1.807) is 0 Å². The van der Waals surface area contributed by atoms with Crippen molar-refractivity contribution in [2.24, 2.45) is 0 Å². The Hall–Kier alpha value is -5.28. The molecule has 3 heteroatoms. The third kappa shape index (κ3) is 2.30. The van der Waals surface area contributed by atoms with Crippen LogP contribution in [0.4, 0.5) is 0 Å². The maximum Gasteiger partial charge on any atom is 0.137 e. The van der Waals surface area contributed by atoms with Crippen LogP contribution in [0.1, 0.15) is 22.3 Å². The van der Waals surface area contributed by atoms with Crippen LogP contribution in [-0.2, 0) is 5.41 Å². The van der Waals surface area contributed by atoms with Crippen LogP contribution in [0.3, 0.4) is 0 Å². The van der Waals surface area contributed by atoms with E-state index in [9.17, 15) is 0 Å². The fraction of sp³-hybridized carbons (Fsp3) is 0.0270. The topological polar surface area (TPSA) is 38.2 Å². The zero-order valence-corrected chi connectivity index (χ0v) is 21.4. The average molecular weight is 512 g/mol. The van der Waals surface area contributed by atoms with Gasteiger partial charge in [0, 0.05) is 44.3 Å². The molecule has 0 unspecified atom stereocenters. The molecule has 0 saturated heterocycles. The molecule has 3 nitrogen and oxygen atoms in total. The van der Waals surface area contributed by atoms with E-state index in [-0.39, 0.29) is 0 Å². The molecule has 0 bridgehead atoms. The summed E-state index contributed by atoms with van der Waals surface area (Å²) in [7, 11) is 0. The van der Waals surface area contributed by atoms with E-state index in [1.165, 1.54) is 44.2 Å². The Morgan fingerprint density at radius 2 is 1.20 bits per heavy atom. The number of nitrogens with one attached hydrogen (secondary N) is 1. The molecule has 1 spiro atoms. The summed E-state index contributed by atoms with van der Waals surface area (Å²) < 4.78 is 12.7. The molecule has 0 radical (unpaired) electrons. The van der Waals surface area contributed by atoms with Gasteiger partial charge < -0.3 is 14.1 Å². The van der Waals surface area contributed by atoms with Crippen LogP contribution in [0.5, 0.6) is 11.5 Å². The lowest BCUT2D eigenvalue weighted by atomic mass is 9.66. The highest BCUT2D eigenvalue weighted by Crippen LogP contribution is 2.63. The maximum atomic E-state index is 6.48. The Balaban J connectivity index is 1.37. The zero-order chi connectivity index (χ0) is 26.0. The molecule has 10 rings (SSSR count). The van der Waals surface area contributed by atoms with Gasteiger partial charge in [-0.15, -0.1) is 0 Å². The van der Waals surface area contributed by atoms with Crippen molar-refractivity contribution in [3.8, 4) is 22.6 Å². The maximum absolute atomic E-state index is 6.48. The normalized spacial score (nSPS) is 14.4. The number of ether oxygens (including phenoxy) is 1. The summed E-state index contributed by atoms with van der Waals surface area (Å²) in [6, 6.07) is 43.3. The molecule has 6 aromatic carbocycles. The van der Waals surface area contributed by atoms with E-state index in [0.29, 0.717) is 0 Å². The van der Waals surface area contributed by atoms with Gasteiger partial charge in [0.2, 0.25) is 0 Å². The molecule has 0 atom stereocenters. The molecule has 186 valence electrons. The second kappa shape index (κ2) is 7.02. The molecular formula is C37H21NO2. The third-order valence-electron chi connectivity index (χ3n) is 9.08. The van der Waals surface area contributed by atoms with E-state index >= 15 is 0 Å². The highest BCUT2D eigenvalue weighted by Gasteiger charge is 2.51. The number of hydrogen-bond acceptors (Lipinski definition) is 2. The molecular weight excluding hydrogens is 490 g/mol. The molecule has 1 N–H and O–H groups in total. The van der Waals surface area contributed by atoms with Gasteiger partial charge in [-0.2, -0.15) is 0 Å². The van der Waals surface area contributed by atoms with Gasteiger partial charge in [0.25, 0.3) is 0 Å². The highest BCUT2D eigenvalue weighted by atomic mass is 16.5. The molecule has 3 heterocycles. The third-order valence-corrected chi connectivity index (χ3v) is 9.08. The number of fused-ring (bicyclic) bond motifs is 16. The van der Waals surface area contributed by atoms with Gasteiger partial charge in [-0.25, -0.2) is 0 Å². The van der Waals surface area contributed by atoms with Crippen LogP contribution in [0, 0.1) is 0 Å². The fourth-order valence-corrected chi connectivity index (χ4v) is 7.53. The number of H-pyrrole nitrogens is 1. The molecule has 8 aromatic rings. The summed E-state index contributed by atoms with van der Waals surface area (Å²) in [5.74, 6) is 1.82. The zero-order valence-electron chi connectivity index (χ0n) is 21.4. The summed E-state index contributed by atoms with van der Waals surface area (Å²) in [4.78, 5) is 3.83. The van der Waals surface area contributed by atoms with Crippen molar-refractivity contribution in [2.75, 3.05) is 0 Å². The second-order valence-corrected chi connectivity index (χ2v) is 10.9. The second-order valence-electron chi connectivity index (χ2n) is 10.9. The van der Waals surface area contributed by atoms with Crippen LogP contribution < -0.4 is 4.74 Å².